The molecule has 1 aliphatic carbocycles. The van der Waals surface area contributed by atoms with E-state index in [1.165, 1.54) is 18.2 Å². The van der Waals surface area contributed by atoms with Crippen molar-refractivity contribution in [1.29, 1.82) is 5.26 Å². The third-order valence-electron chi connectivity index (χ3n) is 9.68. The van der Waals surface area contributed by atoms with Crippen molar-refractivity contribution in [3.63, 3.8) is 0 Å². The van der Waals surface area contributed by atoms with Crippen molar-refractivity contribution < 1.29 is 29.0 Å². The van der Waals surface area contributed by atoms with E-state index in [2.05, 4.69) is 36.1 Å². The fourth-order valence-corrected chi connectivity index (χ4v) is 6.83. The molecule has 0 unspecified atom stereocenters. The first-order valence-electron chi connectivity index (χ1n) is 18.0. The molecule has 1 amide bonds. The summed E-state index contributed by atoms with van der Waals surface area (Å²) in [7, 11) is 0. The number of phenolic OH excluding ortho intramolecular Hbond substituents is 1. The van der Waals surface area contributed by atoms with Gasteiger partial charge in [0.25, 0.3) is 11.9 Å². The van der Waals surface area contributed by atoms with E-state index in [0.29, 0.717) is 23.8 Å². The largest absolute Gasteiger partial charge is 0.507 e. The van der Waals surface area contributed by atoms with Crippen molar-refractivity contribution >= 4 is 51.5 Å². The molecule has 14 nitrogen and oxygen atoms in total. The first-order valence-corrected chi connectivity index (χ1v) is 18.0. The number of nitriles is 1. The number of nitrogens with one attached hydrogen (secondary N) is 2. The van der Waals surface area contributed by atoms with Gasteiger partial charge in [0.2, 0.25) is 0 Å². The lowest BCUT2D eigenvalue weighted by Gasteiger charge is -2.29. The SMILES string of the molecule is N#CCC1CCC(n2c(N=Nc3ccc(O)c(C(=O)N[C@H](CC(=O)OCc4ccccc4)C(=O)OCc4ccccc4)c3)nc3cnc4[nH]ccc4c32)CC1. The average molecular weight is 739 g/mol. The summed E-state index contributed by atoms with van der Waals surface area (Å²) in [6.45, 7) is -0.0972. The monoisotopic (exact) mass is 738 g/mol. The Labute approximate surface area is 315 Å². The predicted octanol–water partition coefficient (Wildman–Crippen LogP) is 7.65. The molecular weight excluding hydrogens is 701 g/mol. The van der Waals surface area contributed by atoms with Crippen LogP contribution in [-0.4, -0.2) is 48.5 Å². The van der Waals surface area contributed by atoms with Crippen molar-refractivity contribution in [3.05, 3.63) is 114 Å². The number of H-pyrrole nitrogens is 1. The number of hydrogen-bond acceptors (Lipinski definition) is 11. The Kier molecular flexibility index (Phi) is 11.2. The van der Waals surface area contributed by atoms with Crippen LogP contribution in [0.3, 0.4) is 0 Å². The fraction of sp³-hybridized carbons (Fsp3) is 0.268. The topological polar surface area (TPSA) is 197 Å². The molecule has 0 spiro atoms. The van der Waals surface area contributed by atoms with E-state index < -0.39 is 30.3 Å². The number of aromatic hydroxyl groups is 1. The lowest BCUT2D eigenvalue weighted by atomic mass is 9.84. The highest BCUT2D eigenvalue weighted by Crippen LogP contribution is 2.40. The number of carbonyl (C=O) groups is 3. The Bertz CT molecular complexity index is 2380. The number of aromatic amines is 1. The molecule has 0 aliphatic heterocycles. The van der Waals surface area contributed by atoms with Gasteiger partial charge in [0.1, 0.15) is 36.2 Å². The Morgan fingerprint density at radius 3 is 2.36 bits per heavy atom. The number of benzene rings is 3. The summed E-state index contributed by atoms with van der Waals surface area (Å²) >= 11 is 0. The molecule has 1 fully saturated rings. The molecule has 3 heterocycles. The summed E-state index contributed by atoms with van der Waals surface area (Å²) in [6.07, 6.45) is 7.01. The first-order chi connectivity index (χ1) is 26.9. The molecule has 14 heteroatoms. The molecule has 55 heavy (non-hydrogen) atoms. The highest BCUT2D eigenvalue weighted by molar-refractivity contribution is 6.02. The van der Waals surface area contributed by atoms with Crippen LogP contribution in [0.5, 0.6) is 5.75 Å². The van der Waals surface area contributed by atoms with Crippen LogP contribution in [0.15, 0.2) is 108 Å². The molecule has 0 radical (unpaired) electrons. The number of fused-ring (bicyclic) bond motifs is 3. The molecule has 0 bridgehead atoms. The molecule has 7 rings (SSSR count). The summed E-state index contributed by atoms with van der Waals surface area (Å²) in [5.41, 5.74) is 3.76. The van der Waals surface area contributed by atoms with Crippen LogP contribution in [0.2, 0.25) is 0 Å². The van der Waals surface area contributed by atoms with Gasteiger partial charge in [-0.1, -0.05) is 60.7 Å². The Balaban J connectivity index is 1.12. The highest BCUT2D eigenvalue weighted by Gasteiger charge is 2.29. The number of amides is 1. The van der Waals surface area contributed by atoms with Gasteiger partial charge in [0.15, 0.2) is 0 Å². The van der Waals surface area contributed by atoms with Crippen LogP contribution in [0.4, 0.5) is 11.6 Å². The van der Waals surface area contributed by atoms with Crippen molar-refractivity contribution in [2.24, 2.45) is 16.1 Å². The third kappa shape index (κ3) is 8.68. The smallest absolute Gasteiger partial charge is 0.329 e. The molecule has 3 aromatic carbocycles. The lowest BCUT2D eigenvalue weighted by molar-refractivity contribution is -0.153. The predicted molar refractivity (Wildman–Crippen MR) is 201 cm³/mol. The van der Waals surface area contributed by atoms with E-state index in [9.17, 15) is 24.8 Å². The molecular formula is C41H38N8O6. The molecule has 278 valence electrons. The third-order valence-corrected chi connectivity index (χ3v) is 9.68. The van der Waals surface area contributed by atoms with Crippen LogP contribution in [0.25, 0.3) is 22.1 Å². The molecule has 3 aromatic heterocycles. The van der Waals surface area contributed by atoms with Crippen LogP contribution < -0.4 is 5.32 Å². The summed E-state index contributed by atoms with van der Waals surface area (Å²) in [5, 5.41) is 32.4. The minimum Gasteiger partial charge on any atom is -0.507 e. The Morgan fingerprint density at radius 1 is 0.945 bits per heavy atom. The molecule has 6 aromatic rings. The number of aromatic nitrogens is 4. The standard InChI is InChI=1S/C41H38N8O6/c42-19-17-26-11-14-30(15-12-26)49-37-31-18-20-43-38(31)44-23-34(37)46-41(49)48-47-29-13-16-35(50)32(21-29)39(52)45-33(40(53)55-25-28-9-5-2-6-10-28)22-36(51)54-24-27-7-3-1-4-8-27/h1-10,13,16,18,20-21,23,26,30,33,50H,11-12,14-15,17,22,24-25H2,(H,43,44)(H,45,52)/t26?,30?,33-/m1/s1. The number of carbonyl (C=O) groups excluding carboxylic acids is 3. The van der Waals surface area contributed by atoms with E-state index in [4.69, 9.17) is 14.5 Å². The van der Waals surface area contributed by atoms with Gasteiger partial charge < -0.3 is 29.4 Å². The number of azo groups is 1. The van der Waals surface area contributed by atoms with Gasteiger partial charge >= 0.3 is 11.9 Å². The zero-order valence-corrected chi connectivity index (χ0v) is 29.8. The second kappa shape index (κ2) is 16.9. The second-order valence-electron chi connectivity index (χ2n) is 13.4. The van der Waals surface area contributed by atoms with Crippen LogP contribution >= 0.6 is 0 Å². The van der Waals surface area contributed by atoms with E-state index in [1.807, 2.05) is 36.5 Å². The summed E-state index contributed by atoms with van der Waals surface area (Å²) < 4.78 is 12.9. The zero-order chi connectivity index (χ0) is 38.1. The normalized spacial score (nSPS) is 16.1. The minimum absolute atomic E-state index is 0.0178. The number of phenols is 1. The number of pyridine rings is 1. The zero-order valence-electron chi connectivity index (χ0n) is 29.8. The summed E-state index contributed by atoms with van der Waals surface area (Å²) in [6, 6.07) is 25.0. The van der Waals surface area contributed by atoms with Gasteiger partial charge in [0.05, 0.1) is 35.5 Å². The van der Waals surface area contributed by atoms with E-state index >= 15 is 0 Å². The van der Waals surface area contributed by atoms with Gasteiger partial charge in [-0.2, -0.15) is 5.26 Å². The van der Waals surface area contributed by atoms with Gasteiger partial charge in [-0.3, -0.25) is 9.59 Å². The molecule has 1 saturated carbocycles. The summed E-state index contributed by atoms with van der Waals surface area (Å²) in [4.78, 5) is 52.2. The minimum atomic E-state index is -1.42. The fourth-order valence-electron chi connectivity index (χ4n) is 6.83. The number of nitrogens with zero attached hydrogens (tertiary/aromatic N) is 6. The van der Waals surface area contributed by atoms with Gasteiger partial charge in [-0.25, -0.2) is 14.8 Å². The van der Waals surface area contributed by atoms with Crippen molar-refractivity contribution in [2.75, 3.05) is 0 Å². The molecule has 3 N–H and O–H groups in total. The van der Waals surface area contributed by atoms with E-state index in [1.54, 1.807) is 42.6 Å². The molecule has 1 atom stereocenters. The second-order valence-corrected chi connectivity index (χ2v) is 13.4. The summed E-state index contributed by atoms with van der Waals surface area (Å²) in [5.74, 6) is -2.09. The van der Waals surface area contributed by atoms with Gasteiger partial charge in [-0.05, 0) is 67.0 Å². The Hall–Kier alpha value is -6.88. The number of rotatable bonds is 13. The molecule has 1 aliphatic rings. The van der Waals surface area contributed by atoms with Crippen molar-refractivity contribution in [2.45, 2.75) is 63.8 Å². The number of imidazole rings is 1. The quantitative estimate of drug-likeness (QED) is 0.0787. The van der Waals surface area contributed by atoms with Crippen LogP contribution in [0.1, 0.15) is 66.1 Å². The van der Waals surface area contributed by atoms with Gasteiger partial charge in [-0.15, -0.1) is 10.2 Å². The Morgan fingerprint density at radius 2 is 1.65 bits per heavy atom. The maximum Gasteiger partial charge on any atom is 0.329 e. The van der Waals surface area contributed by atoms with Crippen molar-refractivity contribution in [1.82, 2.24) is 24.8 Å². The highest BCUT2D eigenvalue weighted by atomic mass is 16.5. The maximum absolute atomic E-state index is 13.6. The van der Waals surface area contributed by atoms with Gasteiger partial charge in [0, 0.05) is 24.0 Å². The van der Waals surface area contributed by atoms with E-state index in [-0.39, 0.29) is 36.3 Å². The van der Waals surface area contributed by atoms with Crippen LogP contribution in [-0.2, 0) is 32.3 Å². The maximum atomic E-state index is 13.6. The van der Waals surface area contributed by atoms with Crippen LogP contribution in [0, 0.1) is 17.2 Å². The van der Waals surface area contributed by atoms with E-state index in [0.717, 1.165) is 53.4 Å². The number of ether oxygens (including phenoxy) is 2. The number of hydrogen-bond donors (Lipinski definition) is 3. The average Bonchev–Trinajstić information content (AvgIpc) is 3.84. The number of esters is 2. The lowest BCUT2D eigenvalue weighted by Crippen LogP contribution is -2.43. The van der Waals surface area contributed by atoms with Crippen molar-refractivity contribution in [3.8, 4) is 11.8 Å². The molecule has 0 saturated heterocycles. The first kappa shape index (κ1) is 36.5.